The lowest BCUT2D eigenvalue weighted by Crippen LogP contribution is -2.48. The molecule has 0 radical (unpaired) electrons. The molecule has 2 atom stereocenters. The molecule has 0 amide bonds. The lowest BCUT2D eigenvalue weighted by molar-refractivity contribution is 0.113. The summed E-state index contributed by atoms with van der Waals surface area (Å²) in [6.07, 6.45) is 9.92. The number of hydrogen-bond acceptors (Lipinski definition) is 1. The van der Waals surface area contributed by atoms with Gasteiger partial charge < -0.3 is 5.32 Å². The Morgan fingerprint density at radius 1 is 1.06 bits per heavy atom. The van der Waals surface area contributed by atoms with Gasteiger partial charge in [-0.2, -0.15) is 0 Å². The van der Waals surface area contributed by atoms with Crippen LogP contribution in [0.4, 0.5) is 0 Å². The van der Waals surface area contributed by atoms with Crippen LogP contribution in [-0.2, 0) is 0 Å². The van der Waals surface area contributed by atoms with E-state index < -0.39 is 0 Å². The van der Waals surface area contributed by atoms with Gasteiger partial charge >= 0.3 is 0 Å². The van der Waals surface area contributed by atoms with Crippen molar-refractivity contribution in [1.82, 2.24) is 5.32 Å². The zero-order valence-electron chi connectivity index (χ0n) is 13.4. The smallest absolute Gasteiger partial charge is 0.0149 e. The summed E-state index contributed by atoms with van der Waals surface area (Å²) in [4.78, 5) is 0. The summed E-state index contributed by atoms with van der Waals surface area (Å²) in [5, 5.41) is 3.86. The van der Waals surface area contributed by atoms with Crippen LogP contribution in [0.1, 0.15) is 79.6 Å². The predicted molar refractivity (Wildman–Crippen MR) is 81.9 cm³/mol. The molecule has 0 spiro atoms. The normalized spacial score (nSPS) is 22.3. The Labute approximate surface area is 115 Å². The zero-order valence-corrected chi connectivity index (χ0v) is 13.4. The standard InChI is InChI=1S/C17H35N/c1-6-10-15(5)16(18-7-2)17(13-14(3)4)11-8-9-12-17/h14-16,18H,6-13H2,1-5H3. The van der Waals surface area contributed by atoms with Crippen molar-refractivity contribution >= 4 is 0 Å². The van der Waals surface area contributed by atoms with Crippen LogP contribution in [0.15, 0.2) is 0 Å². The van der Waals surface area contributed by atoms with Crippen molar-refractivity contribution < 1.29 is 0 Å². The third-order valence-corrected chi connectivity index (χ3v) is 4.81. The Bertz CT molecular complexity index is 216. The number of nitrogens with one attached hydrogen (secondary N) is 1. The maximum absolute atomic E-state index is 3.86. The monoisotopic (exact) mass is 253 g/mol. The van der Waals surface area contributed by atoms with E-state index in [0.717, 1.165) is 24.4 Å². The molecule has 1 saturated carbocycles. The molecule has 1 nitrogen and oxygen atoms in total. The van der Waals surface area contributed by atoms with Gasteiger partial charge in [0.1, 0.15) is 0 Å². The van der Waals surface area contributed by atoms with Gasteiger partial charge in [0.15, 0.2) is 0 Å². The summed E-state index contributed by atoms with van der Waals surface area (Å²) in [7, 11) is 0. The molecule has 0 saturated heterocycles. The van der Waals surface area contributed by atoms with Gasteiger partial charge in [0.25, 0.3) is 0 Å². The van der Waals surface area contributed by atoms with Crippen molar-refractivity contribution in [3.05, 3.63) is 0 Å². The zero-order chi connectivity index (χ0) is 13.6. The summed E-state index contributed by atoms with van der Waals surface area (Å²) >= 11 is 0. The fraction of sp³-hybridized carbons (Fsp3) is 1.00. The van der Waals surface area contributed by atoms with E-state index >= 15 is 0 Å². The fourth-order valence-electron chi connectivity index (χ4n) is 4.40. The van der Waals surface area contributed by atoms with E-state index in [9.17, 15) is 0 Å². The maximum Gasteiger partial charge on any atom is 0.0149 e. The Hall–Kier alpha value is -0.0400. The fourth-order valence-corrected chi connectivity index (χ4v) is 4.40. The van der Waals surface area contributed by atoms with Gasteiger partial charge in [-0.3, -0.25) is 0 Å². The first-order valence-corrected chi connectivity index (χ1v) is 8.29. The lowest BCUT2D eigenvalue weighted by atomic mass is 9.68. The van der Waals surface area contributed by atoms with Crippen LogP contribution in [0.5, 0.6) is 0 Å². The highest BCUT2D eigenvalue weighted by Gasteiger charge is 2.42. The van der Waals surface area contributed by atoms with E-state index in [-0.39, 0.29) is 0 Å². The predicted octanol–water partition coefficient (Wildman–Crippen LogP) is 5.01. The van der Waals surface area contributed by atoms with Crippen LogP contribution in [0, 0.1) is 17.3 Å². The van der Waals surface area contributed by atoms with Crippen molar-refractivity contribution in [2.24, 2.45) is 17.3 Å². The van der Waals surface area contributed by atoms with Crippen LogP contribution in [0.3, 0.4) is 0 Å². The van der Waals surface area contributed by atoms with Gasteiger partial charge in [-0.25, -0.2) is 0 Å². The van der Waals surface area contributed by atoms with Crippen LogP contribution >= 0.6 is 0 Å². The number of hydrogen-bond donors (Lipinski definition) is 1. The molecule has 0 bridgehead atoms. The molecule has 1 fully saturated rings. The minimum absolute atomic E-state index is 0.596. The minimum atomic E-state index is 0.596. The quantitative estimate of drug-likeness (QED) is 0.641. The summed E-state index contributed by atoms with van der Waals surface area (Å²) in [5.41, 5.74) is 0.596. The van der Waals surface area contributed by atoms with Gasteiger partial charge in [0.2, 0.25) is 0 Å². The van der Waals surface area contributed by atoms with Crippen molar-refractivity contribution in [3.8, 4) is 0 Å². The van der Waals surface area contributed by atoms with E-state index in [1.54, 1.807) is 0 Å². The third-order valence-electron chi connectivity index (χ3n) is 4.81. The molecule has 0 heterocycles. The second-order valence-electron chi connectivity index (χ2n) is 6.97. The highest BCUT2D eigenvalue weighted by molar-refractivity contribution is 4.97. The van der Waals surface area contributed by atoms with E-state index in [1.807, 2.05) is 0 Å². The minimum Gasteiger partial charge on any atom is -0.313 e. The van der Waals surface area contributed by atoms with E-state index in [2.05, 4.69) is 39.9 Å². The maximum atomic E-state index is 3.86. The number of rotatable bonds is 8. The molecule has 1 N–H and O–H groups in total. The van der Waals surface area contributed by atoms with Crippen LogP contribution in [0.25, 0.3) is 0 Å². The van der Waals surface area contributed by atoms with E-state index in [0.29, 0.717) is 5.41 Å². The molecule has 0 aromatic rings. The van der Waals surface area contributed by atoms with Crippen LogP contribution < -0.4 is 5.32 Å². The molecule has 0 aliphatic heterocycles. The highest BCUT2D eigenvalue weighted by Crippen LogP contribution is 2.48. The summed E-state index contributed by atoms with van der Waals surface area (Å²) in [6, 6.07) is 0.743. The van der Waals surface area contributed by atoms with Gasteiger partial charge in [0, 0.05) is 6.04 Å². The van der Waals surface area contributed by atoms with Crippen molar-refractivity contribution in [3.63, 3.8) is 0 Å². The molecule has 0 aromatic heterocycles. The lowest BCUT2D eigenvalue weighted by Gasteiger charge is -2.43. The van der Waals surface area contributed by atoms with Crippen molar-refractivity contribution in [2.45, 2.75) is 85.6 Å². The van der Waals surface area contributed by atoms with E-state index in [1.165, 1.54) is 44.9 Å². The van der Waals surface area contributed by atoms with Crippen LogP contribution in [-0.4, -0.2) is 12.6 Å². The van der Waals surface area contributed by atoms with Gasteiger partial charge in [-0.15, -0.1) is 0 Å². The molecule has 1 aliphatic rings. The Balaban J connectivity index is 2.83. The molecular weight excluding hydrogens is 218 g/mol. The highest BCUT2D eigenvalue weighted by atomic mass is 14.9. The second kappa shape index (κ2) is 7.53. The average Bonchev–Trinajstić information content (AvgIpc) is 2.74. The first-order valence-electron chi connectivity index (χ1n) is 8.29. The largest absolute Gasteiger partial charge is 0.313 e. The SMILES string of the molecule is CCCC(C)C(NCC)C1(CC(C)C)CCCC1. The van der Waals surface area contributed by atoms with Gasteiger partial charge in [-0.1, -0.05) is 53.9 Å². The van der Waals surface area contributed by atoms with Gasteiger partial charge in [-0.05, 0) is 49.5 Å². The Kier molecular flexibility index (Phi) is 6.70. The molecule has 1 rings (SSSR count). The summed E-state index contributed by atoms with van der Waals surface area (Å²) < 4.78 is 0. The summed E-state index contributed by atoms with van der Waals surface area (Å²) in [5.74, 6) is 1.66. The Morgan fingerprint density at radius 3 is 2.11 bits per heavy atom. The average molecular weight is 253 g/mol. The first-order chi connectivity index (χ1) is 8.55. The molecule has 108 valence electrons. The molecular formula is C17H35N. The topological polar surface area (TPSA) is 12.0 Å². The molecule has 18 heavy (non-hydrogen) atoms. The van der Waals surface area contributed by atoms with E-state index in [4.69, 9.17) is 0 Å². The van der Waals surface area contributed by atoms with Crippen molar-refractivity contribution in [2.75, 3.05) is 6.54 Å². The Morgan fingerprint density at radius 2 is 1.67 bits per heavy atom. The molecule has 1 aliphatic carbocycles. The van der Waals surface area contributed by atoms with Crippen molar-refractivity contribution in [1.29, 1.82) is 0 Å². The molecule has 0 aromatic carbocycles. The third kappa shape index (κ3) is 3.98. The first kappa shape index (κ1) is 16.0. The summed E-state index contributed by atoms with van der Waals surface area (Å²) in [6.45, 7) is 13.0. The van der Waals surface area contributed by atoms with Crippen LogP contribution in [0.2, 0.25) is 0 Å². The second-order valence-corrected chi connectivity index (χ2v) is 6.97. The molecule has 1 heteroatoms. The molecule has 2 unspecified atom stereocenters. The van der Waals surface area contributed by atoms with Gasteiger partial charge in [0.05, 0.1) is 0 Å².